The Balaban J connectivity index is 2.97. The zero-order chi connectivity index (χ0) is 9.68. The number of hydrogen-bond acceptors (Lipinski definition) is 2. The van der Waals surface area contributed by atoms with Gasteiger partial charge in [-0.2, -0.15) is 0 Å². The fourth-order valence-corrected chi connectivity index (χ4v) is 0.906. The van der Waals surface area contributed by atoms with E-state index in [0.29, 0.717) is 6.29 Å². The van der Waals surface area contributed by atoms with E-state index in [9.17, 15) is 9.18 Å². The molecule has 0 aliphatic heterocycles. The van der Waals surface area contributed by atoms with Crippen LogP contribution in [0.3, 0.4) is 0 Å². The van der Waals surface area contributed by atoms with Crippen LogP contribution < -0.4 is 4.74 Å². The van der Waals surface area contributed by atoms with Gasteiger partial charge in [-0.1, -0.05) is 18.7 Å². The molecule has 2 nitrogen and oxygen atoms in total. The van der Waals surface area contributed by atoms with Crippen molar-refractivity contribution in [2.45, 2.75) is 0 Å². The summed E-state index contributed by atoms with van der Waals surface area (Å²) in [6.07, 6.45) is 1.97. The predicted octanol–water partition coefficient (Wildman–Crippen LogP) is 2.20. The molecule has 0 bridgehead atoms. The van der Waals surface area contributed by atoms with Crippen molar-refractivity contribution in [2.24, 2.45) is 0 Å². The molecular weight excluding hydrogens is 171 g/mol. The van der Waals surface area contributed by atoms with Crippen molar-refractivity contribution in [3.63, 3.8) is 0 Å². The molecule has 1 aromatic carbocycles. The molecule has 3 heteroatoms. The zero-order valence-corrected chi connectivity index (χ0v) is 7.00. The summed E-state index contributed by atoms with van der Waals surface area (Å²) in [5.41, 5.74) is -0.0515. The Labute approximate surface area is 75.6 Å². The van der Waals surface area contributed by atoms with Crippen LogP contribution in [0.4, 0.5) is 4.39 Å². The van der Waals surface area contributed by atoms with Gasteiger partial charge in [0.25, 0.3) is 0 Å². The molecule has 0 aliphatic rings. The number of aldehydes is 1. The summed E-state index contributed by atoms with van der Waals surface area (Å²) in [6, 6.07) is 4.24. The lowest BCUT2D eigenvalue weighted by Crippen LogP contribution is -1.98. The zero-order valence-electron chi connectivity index (χ0n) is 7.00. The van der Waals surface area contributed by atoms with Gasteiger partial charge in [0.15, 0.2) is 6.29 Å². The van der Waals surface area contributed by atoms with Crippen molar-refractivity contribution in [3.05, 3.63) is 42.2 Å². The van der Waals surface area contributed by atoms with E-state index in [1.54, 1.807) is 0 Å². The van der Waals surface area contributed by atoms with Crippen molar-refractivity contribution >= 4 is 6.29 Å². The third-order valence-corrected chi connectivity index (χ3v) is 1.49. The molecule has 0 spiro atoms. The first-order chi connectivity index (χ1) is 6.29. The summed E-state index contributed by atoms with van der Waals surface area (Å²) < 4.78 is 18.0. The second kappa shape index (κ2) is 4.40. The van der Waals surface area contributed by atoms with Crippen LogP contribution in [-0.2, 0) is 0 Å². The molecule has 13 heavy (non-hydrogen) atoms. The van der Waals surface area contributed by atoms with Crippen LogP contribution in [0.1, 0.15) is 10.4 Å². The van der Waals surface area contributed by atoms with E-state index in [1.165, 1.54) is 24.3 Å². The maximum Gasteiger partial charge on any atom is 0.156 e. The first-order valence-electron chi connectivity index (χ1n) is 3.77. The van der Waals surface area contributed by atoms with Crippen molar-refractivity contribution in [1.82, 2.24) is 0 Å². The SMILES string of the molecule is C=CCOc1cccc(F)c1C=O. The second-order valence-corrected chi connectivity index (χ2v) is 2.37. The summed E-state index contributed by atoms with van der Waals surface area (Å²) in [4.78, 5) is 10.5. The van der Waals surface area contributed by atoms with E-state index in [4.69, 9.17) is 4.74 Å². The summed E-state index contributed by atoms with van der Waals surface area (Å²) in [6.45, 7) is 3.70. The number of ether oxygens (including phenoxy) is 1. The topological polar surface area (TPSA) is 26.3 Å². The van der Waals surface area contributed by atoms with E-state index in [2.05, 4.69) is 6.58 Å². The van der Waals surface area contributed by atoms with Gasteiger partial charge in [0.05, 0.1) is 5.56 Å². The summed E-state index contributed by atoms with van der Waals surface area (Å²) >= 11 is 0. The first-order valence-corrected chi connectivity index (χ1v) is 3.77. The molecule has 0 unspecified atom stereocenters. The van der Waals surface area contributed by atoms with Crippen LogP contribution in [0.25, 0.3) is 0 Å². The predicted molar refractivity (Wildman–Crippen MR) is 47.5 cm³/mol. The maximum absolute atomic E-state index is 12.9. The highest BCUT2D eigenvalue weighted by atomic mass is 19.1. The lowest BCUT2D eigenvalue weighted by Gasteiger charge is -2.05. The number of rotatable bonds is 4. The lowest BCUT2D eigenvalue weighted by molar-refractivity contribution is 0.111. The number of halogens is 1. The largest absolute Gasteiger partial charge is 0.489 e. The number of hydrogen-bond donors (Lipinski definition) is 0. The molecule has 0 aromatic heterocycles. The minimum absolute atomic E-state index is 0.0515. The Morgan fingerprint density at radius 2 is 2.31 bits per heavy atom. The number of carbonyl (C=O) groups is 1. The molecule has 0 atom stereocenters. The smallest absolute Gasteiger partial charge is 0.156 e. The van der Waals surface area contributed by atoms with Gasteiger partial charge in [-0.05, 0) is 12.1 Å². The van der Waals surface area contributed by atoms with Crippen LogP contribution >= 0.6 is 0 Å². The highest BCUT2D eigenvalue weighted by Gasteiger charge is 2.07. The van der Waals surface area contributed by atoms with Crippen LogP contribution in [0.2, 0.25) is 0 Å². The fraction of sp³-hybridized carbons (Fsp3) is 0.100. The van der Waals surface area contributed by atoms with Gasteiger partial charge >= 0.3 is 0 Å². The Bertz CT molecular complexity index is 321. The van der Waals surface area contributed by atoms with Gasteiger partial charge in [-0.25, -0.2) is 4.39 Å². The van der Waals surface area contributed by atoms with Gasteiger partial charge in [0, 0.05) is 0 Å². The highest BCUT2D eigenvalue weighted by Crippen LogP contribution is 2.19. The van der Waals surface area contributed by atoms with Gasteiger partial charge in [-0.15, -0.1) is 0 Å². The maximum atomic E-state index is 12.9. The summed E-state index contributed by atoms with van der Waals surface area (Å²) in [7, 11) is 0. The molecule has 0 saturated heterocycles. The normalized spacial score (nSPS) is 9.31. The van der Waals surface area contributed by atoms with E-state index in [-0.39, 0.29) is 17.9 Å². The quantitative estimate of drug-likeness (QED) is 0.524. The minimum Gasteiger partial charge on any atom is -0.489 e. The minimum atomic E-state index is -0.573. The Hall–Kier alpha value is -1.64. The van der Waals surface area contributed by atoms with Crippen LogP contribution in [0.15, 0.2) is 30.9 Å². The Kier molecular flexibility index (Phi) is 3.20. The van der Waals surface area contributed by atoms with Crippen molar-refractivity contribution in [2.75, 3.05) is 6.61 Å². The van der Waals surface area contributed by atoms with Crippen LogP contribution in [0.5, 0.6) is 5.75 Å². The molecule has 0 N–H and O–H groups in total. The monoisotopic (exact) mass is 180 g/mol. The Morgan fingerprint density at radius 3 is 2.92 bits per heavy atom. The van der Waals surface area contributed by atoms with Gasteiger partial charge in [-0.3, -0.25) is 4.79 Å². The van der Waals surface area contributed by atoms with Crippen molar-refractivity contribution in [3.8, 4) is 5.75 Å². The van der Waals surface area contributed by atoms with E-state index in [1.807, 2.05) is 0 Å². The third-order valence-electron chi connectivity index (χ3n) is 1.49. The average Bonchev–Trinajstić information content (AvgIpc) is 2.15. The molecule has 0 radical (unpaired) electrons. The average molecular weight is 180 g/mol. The third kappa shape index (κ3) is 2.15. The standard InChI is InChI=1S/C10H9FO2/c1-2-6-13-10-5-3-4-9(11)8(10)7-12/h2-5,7H,1,6H2. The van der Waals surface area contributed by atoms with E-state index in [0.717, 1.165) is 0 Å². The van der Waals surface area contributed by atoms with E-state index >= 15 is 0 Å². The molecule has 1 rings (SSSR count). The molecule has 0 heterocycles. The fourth-order valence-electron chi connectivity index (χ4n) is 0.906. The van der Waals surface area contributed by atoms with Gasteiger partial charge < -0.3 is 4.74 Å². The molecule has 0 fully saturated rings. The molecule has 0 saturated carbocycles. The molecule has 0 amide bonds. The number of benzene rings is 1. The molecular formula is C10H9FO2. The first kappa shape index (κ1) is 9.45. The molecule has 1 aromatic rings. The van der Waals surface area contributed by atoms with E-state index < -0.39 is 5.82 Å². The second-order valence-electron chi connectivity index (χ2n) is 2.37. The summed E-state index contributed by atoms with van der Waals surface area (Å²) in [5, 5.41) is 0. The van der Waals surface area contributed by atoms with Crippen LogP contribution in [0, 0.1) is 5.82 Å². The Morgan fingerprint density at radius 1 is 1.54 bits per heavy atom. The summed E-state index contributed by atoms with van der Waals surface area (Å²) in [5.74, 6) is -0.327. The molecule has 68 valence electrons. The van der Waals surface area contributed by atoms with Crippen molar-refractivity contribution in [1.29, 1.82) is 0 Å². The number of carbonyl (C=O) groups excluding carboxylic acids is 1. The molecule has 0 aliphatic carbocycles. The van der Waals surface area contributed by atoms with Gasteiger partial charge in [0.2, 0.25) is 0 Å². The van der Waals surface area contributed by atoms with Gasteiger partial charge in [0.1, 0.15) is 18.2 Å². The van der Waals surface area contributed by atoms with Crippen LogP contribution in [-0.4, -0.2) is 12.9 Å². The van der Waals surface area contributed by atoms with Crippen molar-refractivity contribution < 1.29 is 13.9 Å². The lowest BCUT2D eigenvalue weighted by atomic mass is 10.2. The highest BCUT2D eigenvalue weighted by molar-refractivity contribution is 5.79.